The number of thioether (sulfide) groups is 1. The van der Waals surface area contributed by atoms with Gasteiger partial charge in [0, 0.05) is 26.7 Å². The van der Waals surface area contributed by atoms with Crippen LogP contribution in [0.4, 0.5) is 8.78 Å². The van der Waals surface area contributed by atoms with E-state index in [0.717, 1.165) is 27.6 Å². The van der Waals surface area contributed by atoms with Crippen LogP contribution in [0.15, 0.2) is 51.8 Å². The summed E-state index contributed by atoms with van der Waals surface area (Å²) in [5.41, 5.74) is 6.12. The van der Waals surface area contributed by atoms with Crippen LogP contribution in [-0.2, 0) is 0 Å². The third-order valence-corrected chi connectivity index (χ3v) is 4.26. The Morgan fingerprint density at radius 3 is 2.47 bits per heavy atom. The molecule has 0 amide bonds. The Bertz CT molecular complexity index is 560. The zero-order valence-electron chi connectivity index (χ0n) is 9.95. The third kappa shape index (κ3) is 4.03. The summed E-state index contributed by atoms with van der Waals surface area (Å²) < 4.78 is 27.6. The minimum atomic E-state index is -0.538. The molecule has 0 aliphatic carbocycles. The van der Waals surface area contributed by atoms with Crippen LogP contribution >= 0.6 is 27.7 Å². The van der Waals surface area contributed by atoms with Gasteiger partial charge in [0.1, 0.15) is 11.6 Å². The molecule has 100 valence electrons. The van der Waals surface area contributed by atoms with E-state index in [2.05, 4.69) is 15.9 Å². The molecule has 19 heavy (non-hydrogen) atoms. The summed E-state index contributed by atoms with van der Waals surface area (Å²) in [7, 11) is 0. The number of halogens is 3. The highest BCUT2D eigenvalue weighted by atomic mass is 79.9. The molecule has 2 aromatic rings. The van der Waals surface area contributed by atoms with Crippen LogP contribution in [0.2, 0.25) is 0 Å². The highest BCUT2D eigenvalue weighted by molar-refractivity contribution is 9.10. The van der Waals surface area contributed by atoms with Gasteiger partial charge in [0.15, 0.2) is 0 Å². The van der Waals surface area contributed by atoms with Crippen molar-refractivity contribution in [3.05, 3.63) is 64.1 Å². The Morgan fingerprint density at radius 2 is 1.79 bits per heavy atom. The van der Waals surface area contributed by atoms with Crippen LogP contribution in [0.25, 0.3) is 0 Å². The molecule has 1 nitrogen and oxygen atoms in total. The zero-order valence-corrected chi connectivity index (χ0v) is 12.3. The topological polar surface area (TPSA) is 26.0 Å². The molecule has 0 aliphatic rings. The monoisotopic (exact) mass is 343 g/mol. The van der Waals surface area contributed by atoms with E-state index in [1.54, 1.807) is 0 Å². The first-order valence-corrected chi connectivity index (χ1v) is 7.43. The summed E-state index contributed by atoms with van der Waals surface area (Å²) in [6.07, 6.45) is 0. The highest BCUT2D eigenvalue weighted by Gasteiger charge is 2.12. The van der Waals surface area contributed by atoms with Gasteiger partial charge in [0.25, 0.3) is 0 Å². The van der Waals surface area contributed by atoms with Crippen molar-refractivity contribution in [3.63, 3.8) is 0 Å². The number of nitrogens with two attached hydrogens (primary N) is 1. The van der Waals surface area contributed by atoms with Crippen molar-refractivity contribution in [1.29, 1.82) is 0 Å². The molecule has 2 aromatic carbocycles. The Balaban J connectivity index is 2.03. The number of rotatable bonds is 4. The van der Waals surface area contributed by atoms with E-state index in [1.807, 2.05) is 24.3 Å². The Hall–Kier alpha value is -0.910. The Morgan fingerprint density at radius 1 is 1.11 bits per heavy atom. The average molecular weight is 344 g/mol. The molecule has 0 bridgehead atoms. The molecule has 0 aliphatic heterocycles. The second-order valence-electron chi connectivity index (χ2n) is 4.04. The standard InChI is InChI=1S/C14H12BrF2NS/c15-9-1-4-11(5-2-9)19-8-14(18)12-7-10(16)3-6-13(12)17/h1-7,14H,8,18H2. The van der Waals surface area contributed by atoms with Gasteiger partial charge in [-0.1, -0.05) is 15.9 Å². The van der Waals surface area contributed by atoms with Crippen molar-refractivity contribution >= 4 is 27.7 Å². The summed E-state index contributed by atoms with van der Waals surface area (Å²) in [6.45, 7) is 0. The molecule has 0 saturated carbocycles. The van der Waals surface area contributed by atoms with E-state index in [0.29, 0.717) is 5.75 Å². The van der Waals surface area contributed by atoms with Crippen LogP contribution in [0.5, 0.6) is 0 Å². The van der Waals surface area contributed by atoms with Crippen molar-refractivity contribution < 1.29 is 8.78 Å². The molecule has 0 spiro atoms. The molecular weight excluding hydrogens is 332 g/mol. The first-order chi connectivity index (χ1) is 9.06. The summed E-state index contributed by atoms with van der Waals surface area (Å²) in [5, 5.41) is 0. The molecule has 0 heterocycles. The average Bonchev–Trinajstić information content (AvgIpc) is 2.40. The van der Waals surface area contributed by atoms with Gasteiger partial charge in [-0.15, -0.1) is 11.8 Å². The minimum Gasteiger partial charge on any atom is -0.323 e. The van der Waals surface area contributed by atoms with Gasteiger partial charge < -0.3 is 5.73 Å². The van der Waals surface area contributed by atoms with Crippen LogP contribution in [0, 0.1) is 11.6 Å². The van der Waals surface area contributed by atoms with E-state index in [9.17, 15) is 8.78 Å². The lowest BCUT2D eigenvalue weighted by atomic mass is 10.1. The number of benzene rings is 2. The molecule has 5 heteroatoms. The lowest BCUT2D eigenvalue weighted by Crippen LogP contribution is -2.15. The highest BCUT2D eigenvalue weighted by Crippen LogP contribution is 2.26. The second kappa shape index (κ2) is 6.50. The van der Waals surface area contributed by atoms with Crippen molar-refractivity contribution in [2.45, 2.75) is 10.9 Å². The van der Waals surface area contributed by atoms with E-state index in [-0.39, 0.29) is 5.56 Å². The first-order valence-electron chi connectivity index (χ1n) is 5.65. The fourth-order valence-electron chi connectivity index (χ4n) is 1.61. The fourth-order valence-corrected chi connectivity index (χ4v) is 2.75. The normalized spacial score (nSPS) is 12.4. The van der Waals surface area contributed by atoms with Gasteiger partial charge in [0.2, 0.25) is 0 Å². The van der Waals surface area contributed by atoms with Crippen LogP contribution in [0.1, 0.15) is 11.6 Å². The van der Waals surface area contributed by atoms with E-state index in [4.69, 9.17) is 5.73 Å². The van der Waals surface area contributed by atoms with Gasteiger partial charge in [-0.3, -0.25) is 0 Å². The van der Waals surface area contributed by atoms with Crippen LogP contribution in [0.3, 0.4) is 0 Å². The largest absolute Gasteiger partial charge is 0.323 e. The molecule has 0 fully saturated rings. The molecule has 0 saturated heterocycles. The van der Waals surface area contributed by atoms with E-state index >= 15 is 0 Å². The van der Waals surface area contributed by atoms with E-state index < -0.39 is 17.7 Å². The SMILES string of the molecule is NC(CSc1ccc(Br)cc1)c1cc(F)ccc1F. The number of hydrogen-bond donors (Lipinski definition) is 1. The predicted molar refractivity (Wildman–Crippen MR) is 78.2 cm³/mol. The lowest BCUT2D eigenvalue weighted by molar-refractivity contribution is 0.573. The quantitative estimate of drug-likeness (QED) is 0.826. The van der Waals surface area contributed by atoms with Crippen LogP contribution in [-0.4, -0.2) is 5.75 Å². The fraction of sp³-hybridized carbons (Fsp3) is 0.143. The Labute approximate surface area is 123 Å². The van der Waals surface area contributed by atoms with Crippen molar-refractivity contribution in [1.82, 2.24) is 0 Å². The lowest BCUT2D eigenvalue weighted by Gasteiger charge is -2.12. The smallest absolute Gasteiger partial charge is 0.128 e. The van der Waals surface area contributed by atoms with Gasteiger partial charge in [0.05, 0.1) is 0 Å². The molecule has 2 rings (SSSR count). The maximum Gasteiger partial charge on any atom is 0.128 e. The molecule has 1 unspecified atom stereocenters. The zero-order chi connectivity index (χ0) is 13.8. The summed E-state index contributed by atoms with van der Waals surface area (Å²) in [5.74, 6) is -0.451. The minimum absolute atomic E-state index is 0.213. The Kier molecular flexibility index (Phi) is 4.96. The van der Waals surface area contributed by atoms with Crippen molar-refractivity contribution in [2.75, 3.05) is 5.75 Å². The molecular formula is C14H12BrF2NS. The first kappa shape index (κ1) is 14.5. The predicted octanol–water partition coefficient (Wildman–Crippen LogP) is 4.52. The van der Waals surface area contributed by atoms with Gasteiger partial charge in [-0.05, 0) is 42.5 Å². The van der Waals surface area contributed by atoms with E-state index in [1.165, 1.54) is 11.8 Å². The molecule has 0 radical (unpaired) electrons. The van der Waals surface area contributed by atoms with Crippen molar-refractivity contribution in [3.8, 4) is 0 Å². The summed E-state index contributed by atoms with van der Waals surface area (Å²) in [4.78, 5) is 1.04. The molecule has 1 atom stereocenters. The van der Waals surface area contributed by atoms with Crippen LogP contribution < -0.4 is 5.73 Å². The third-order valence-electron chi connectivity index (χ3n) is 2.60. The van der Waals surface area contributed by atoms with Gasteiger partial charge >= 0.3 is 0 Å². The summed E-state index contributed by atoms with van der Waals surface area (Å²) in [6, 6.07) is 10.6. The number of hydrogen-bond acceptors (Lipinski definition) is 2. The van der Waals surface area contributed by atoms with Crippen molar-refractivity contribution in [2.24, 2.45) is 5.73 Å². The van der Waals surface area contributed by atoms with Gasteiger partial charge in [-0.2, -0.15) is 0 Å². The molecule has 2 N–H and O–H groups in total. The summed E-state index contributed by atoms with van der Waals surface area (Å²) >= 11 is 4.87. The van der Waals surface area contributed by atoms with Gasteiger partial charge in [-0.25, -0.2) is 8.78 Å². The second-order valence-corrected chi connectivity index (χ2v) is 6.05. The molecule has 0 aromatic heterocycles. The maximum atomic E-state index is 13.5. The maximum absolute atomic E-state index is 13.5.